The molecule has 30 heavy (non-hydrogen) atoms. The lowest BCUT2D eigenvalue weighted by atomic mass is 9.73. The summed E-state index contributed by atoms with van der Waals surface area (Å²) in [4.78, 5) is 0. The van der Waals surface area contributed by atoms with Crippen molar-refractivity contribution in [2.75, 3.05) is 6.67 Å². The van der Waals surface area contributed by atoms with Gasteiger partial charge in [0.1, 0.15) is 12.3 Å². The fraction of sp³-hybridized carbons (Fsp3) is 0.500. The highest BCUT2D eigenvalue weighted by Gasteiger charge is 2.44. The Morgan fingerprint density at radius 1 is 0.600 bits per heavy atom. The molecule has 5 atom stereocenters. The van der Waals surface area contributed by atoms with Gasteiger partial charge in [0.2, 0.25) is 0 Å². The fourth-order valence-corrected chi connectivity index (χ4v) is 4.26. The Morgan fingerprint density at radius 3 is 1.37 bits per heavy atom. The van der Waals surface area contributed by atoms with Crippen molar-refractivity contribution >= 4 is 0 Å². The molecule has 0 amide bonds. The Hall–Kier alpha value is -1.98. The maximum Gasteiger partial charge on any atom is 0.272 e. The van der Waals surface area contributed by atoms with Gasteiger partial charge in [-0.15, -0.1) is 0 Å². The molecule has 0 saturated carbocycles. The zero-order valence-electron chi connectivity index (χ0n) is 17.6. The molecule has 0 aromatic heterocycles. The second-order valence-corrected chi connectivity index (χ2v) is 8.11. The summed E-state index contributed by atoms with van der Waals surface area (Å²) >= 11 is 0. The summed E-state index contributed by atoms with van der Waals surface area (Å²) in [6, 6.07) is 9.99. The number of alkyl halides is 6. The van der Waals surface area contributed by atoms with Crippen molar-refractivity contribution in [2.24, 2.45) is 0 Å². The van der Waals surface area contributed by atoms with Gasteiger partial charge in [-0.3, -0.25) is 4.39 Å². The summed E-state index contributed by atoms with van der Waals surface area (Å²) < 4.78 is 84.0. The van der Waals surface area contributed by atoms with Gasteiger partial charge in [0, 0.05) is 18.3 Å². The molecule has 0 spiro atoms. The van der Waals surface area contributed by atoms with E-state index in [9.17, 15) is 17.6 Å². The Labute approximate surface area is 174 Å². The van der Waals surface area contributed by atoms with Crippen LogP contribution in [0.15, 0.2) is 36.4 Å². The molecule has 2 aromatic carbocycles. The topological polar surface area (TPSA) is 0 Å². The zero-order valence-corrected chi connectivity index (χ0v) is 17.6. The van der Waals surface area contributed by atoms with Crippen LogP contribution in [0.1, 0.15) is 51.6 Å². The second-order valence-electron chi connectivity index (χ2n) is 8.11. The van der Waals surface area contributed by atoms with Crippen LogP contribution in [0.4, 0.5) is 26.3 Å². The average molecular weight is 430 g/mol. The predicted octanol–water partition coefficient (Wildman–Crippen LogP) is 7.43. The second kappa shape index (κ2) is 10.4. The first-order chi connectivity index (χ1) is 14.0. The molecule has 0 heterocycles. The minimum absolute atomic E-state index is 0.231. The van der Waals surface area contributed by atoms with Crippen molar-refractivity contribution in [3.8, 4) is 0 Å². The minimum atomic E-state index is -3.55. The van der Waals surface area contributed by atoms with Crippen molar-refractivity contribution in [3.63, 3.8) is 0 Å². The largest absolute Gasteiger partial charge is 0.272 e. The van der Waals surface area contributed by atoms with Gasteiger partial charge in [0.25, 0.3) is 6.43 Å². The van der Waals surface area contributed by atoms with Crippen LogP contribution in [0.2, 0.25) is 0 Å². The highest BCUT2D eigenvalue weighted by atomic mass is 19.3. The maximum absolute atomic E-state index is 15.3. The van der Waals surface area contributed by atoms with Crippen LogP contribution >= 0.6 is 0 Å². The van der Waals surface area contributed by atoms with Gasteiger partial charge in [0.15, 0.2) is 6.17 Å². The molecule has 2 aromatic rings. The van der Waals surface area contributed by atoms with Crippen molar-refractivity contribution in [2.45, 2.75) is 70.9 Å². The lowest BCUT2D eigenvalue weighted by Crippen LogP contribution is -2.37. The lowest BCUT2D eigenvalue weighted by molar-refractivity contribution is -0.0120. The van der Waals surface area contributed by atoms with Crippen LogP contribution in [0, 0.1) is 27.7 Å². The van der Waals surface area contributed by atoms with E-state index in [0.29, 0.717) is 5.56 Å². The van der Waals surface area contributed by atoms with E-state index < -0.39 is 49.9 Å². The molecule has 0 nitrogen and oxygen atoms in total. The average Bonchev–Trinajstić information content (AvgIpc) is 2.63. The monoisotopic (exact) mass is 430 g/mol. The molecule has 0 radical (unpaired) electrons. The molecule has 5 unspecified atom stereocenters. The van der Waals surface area contributed by atoms with E-state index >= 15 is 8.78 Å². The van der Waals surface area contributed by atoms with E-state index in [1.807, 2.05) is 6.07 Å². The molecule has 166 valence electrons. The fourth-order valence-electron chi connectivity index (χ4n) is 4.26. The first-order valence-electron chi connectivity index (χ1n) is 9.97. The molecular weight excluding hydrogens is 402 g/mol. The van der Waals surface area contributed by atoms with Gasteiger partial charge < -0.3 is 0 Å². The number of aryl methyl sites for hydroxylation is 4. The molecule has 0 aliphatic heterocycles. The van der Waals surface area contributed by atoms with Crippen LogP contribution < -0.4 is 0 Å². The third kappa shape index (κ3) is 5.79. The minimum Gasteiger partial charge on any atom is -0.251 e. The molecular formula is C24H28F6. The SMILES string of the molecule is Cc1cc(C)cc(C(C(F)CCF)C(c2cc(C)cc(C)c2)C(F)C(F)C(F)F)c1. The smallest absolute Gasteiger partial charge is 0.251 e. The van der Waals surface area contributed by atoms with Crippen LogP contribution in [0.5, 0.6) is 0 Å². The first kappa shape index (κ1) is 24.3. The van der Waals surface area contributed by atoms with Crippen LogP contribution in [-0.4, -0.2) is 31.6 Å². The van der Waals surface area contributed by atoms with E-state index in [0.717, 1.165) is 22.3 Å². The molecule has 0 saturated heterocycles. The zero-order chi connectivity index (χ0) is 22.6. The van der Waals surface area contributed by atoms with E-state index in [4.69, 9.17) is 0 Å². The summed E-state index contributed by atoms with van der Waals surface area (Å²) in [7, 11) is 0. The van der Waals surface area contributed by atoms with Crippen LogP contribution in [0.3, 0.4) is 0 Å². The highest BCUT2D eigenvalue weighted by Crippen LogP contribution is 2.44. The van der Waals surface area contributed by atoms with Gasteiger partial charge in [-0.1, -0.05) is 58.7 Å². The summed E-state index contributed by atoms with van der Waals surface area (Å²) in [5.74, 6) is -2.84. The first-order valence-corrected chi connectivity index (χ1v) is 9.97. The lowest BCUT2D eigenvalue weighted by Gasteiger charge is -2.34. The van der Waals surface area contributed by atoms with Gasteiger partial charge in [0.05, 0.1) is 6.67 Å². The quantitative estimate of drug-likeness (QED) is 0.363. The predicted molar refractivity (Wildman–Crippen MR) is 109 cm³/mol. The Morgan fingerprint density at radius 2 is 1.00 bits per heavy atom. The van der Waals surface area contributed by atoms with E-state index in [1.54, 1.807) is 58.0 Å². The Balaban J connectivity index is 2.73. The van der Waals surface area contributed by atoms with Crippen molar-refractivity contribution in [1.29, 1.82) is 0 Å². The molecule has 6 heteroatoms. The van der Waals surface area contributed by atoms with E-state index in [2.05, 4.69) is 0 Å². The van der Waals surface area contributed by atoms with E-state index in [-0.39, 0.29) is 5.56 Å². The number of benzene rings is 2. The summed E-state index contributed by atoms with van der Waals surface area (Å²) in [5, 5.41) is 0. The molecule has 0 bridgehead atoms. The molecule has 0 aliphatic carbocycles. The van der Waals surface area contributed by atoms with Crippen molar-refractivity contribution in [3.05, 3.63) is 69.8 Å². The maximum atomic E-state index is 15.3. The third-order valence-electron chi connectivity index (χ3n) is 5.31. The van der Waals surface area contributed by atoms with Crippen LogP contribution in [0.25, 0.3) is 0 Å². The third-order valence-corrected chi connectivity index (χ3v) is 5.31. The van der Waals surface area contributed by atoms with Crippen LogP contribution in [-0.2, 0) is 0 Å². The molecule has 0 N–H and O–H groups in total. The number of halogens is 6. The molecule has 0 aliphatic rings. The summed E-state index contributed by atoms with van der Waals surface area (Å²) in [6.45, 7) is 6.02. The Kier molecular flexibility index (Phi) is 8.39. The Bertz CT molecular complexity index is 794. The highest BCUT2D eigenvalue weighted by molar-refractivity contribution is 5.39. The number of hydrogen-bond acceptors (Lipinski definition) is 0. The van der Waals surface area contributed by atoms with E-state index in [1.165, 1.54) is 0 Å². The van der Waals surface area contributed by atoms with Crippen molar-refractivity contribution in [1.82, 2.24) is 0 Å². The molecule has 0 fully saturated rings. The summed E-state index contributed by atoms with van der Waals surface area (Å²) in [5.41, 5.74) is 3.55. The standard InChI is InChI=1S/C24H28F6/c1-13-7-14(2)10-17(9-13)20(19(26)5-6-25)21(22(27)23(28)24(29)30)18-11-15(3)8-16(4)12-18/h7-12,19-24H,5-6H2,1-4H3. The van der Waals surface area contributed by atoms with Gasteiger partial charge in [-0.2, -0.15) is 0 Å². The van der Waals surface area contributed by atoms with Gasteiger partial charge >= 0.3 is 0 Å². The number of rotatable bonds is 9. The normalized spacial score (nSPS) is 16.9. The number of hydrogen-bond donors (Lipinski definition) is 0. The van der Waals surface area contributed by atoms with Crippen molar-refractivity contribution < 1.29 is 26.3 Å². The van der Waals surface area contributed by atoms with Gasteiger partial charge in [-0.05, 0) is 38.8 Å². The molecule has 2 rings (SSSR count). The summed E-state index contributed by atoms with van der Waals surface area (Å²) in [6.07, 6.45) is -11.7. The van der Waals surface area contributed by atoms with Gasteiger partial charge in [-0.25, -0.2) is 22.0 Å².